The minimum Gasteiger partial charge on any atom is -0.508 e. The van der Waals surface area contributed by atoms with Gasteiger partial charge in [0.25, 0.3) is 0 Å². The molecular formula is C25H25FN2O4. The van der Waals surface area contributed by atoms with Crippen LogP contribution in [0.1, 0.15) is 42.7 Å². The molecule has 2 aromatic carbocycles. The molecule has 6 nitrogen and oxygen atoms in total. The third-order valence-electron chi connectivity index (χ3n) is 5.98. The maximum atomic E-state index is 14.1. The number of carbonyl (C=O) groups is 1. The molecule has 0 saturated carbocycles. The van der Waals surface area contributed by atoms with E-state index in [1.54, 1.807) is 24.3 Å². The van der Waals surface area contributed by atoms with Crippen molar-refractivity contribution in [3.8, 4) is 5.75 Å². The molecule has 2 atom stereocenters. The third-order valence-corrected chi connectivity index (χ3v) is 5.98. The summed E-state index contributed by atoms with van der Waals surface area (Å²) in [5, 5.41) is 34.6. The van der Waals surface area contributed by atoms with Crippen molar-refractivity contribution in [1.29, 1.82) is 0 Å². The normalized spacial score (nSPS) is 17.4. The lowest BCUT2D eigenvalue weighted by molar-refractivity contribution is -0.133. The number of benzene rings is 2. The molecule has 1 aliphatic carbocycles. The van der Waals surface area contributed by atoms with Crippen molar-refractivity contribution in [2.45, 2.75) is 44.2 Å². The number of aryl methyl sites for hydroxylation is 1. The van der Waals surface area contributed by atoms with Crippen LogP contribution in [0, 0.1) is 5.95 Å². The zero-order valence-corrected chi connectivity index (χ0v) is 17.5. The monoisotopic (exact) mass is 436 g/mol. The number of halogens is 1. The number of phenolic OH excluding ortho intramolecular Hbond substituents is 1. The number of nitrogens with one attached hydrogen (secondary N) is 1. The number of nitrogens with zero attached hydrogens (tertiary/aromatic N) is 1. The summed E-state index contributed by atoms with van der Waals surface area (Å²) in [6.45, 7) is 0. The van der Waals surface area contributed by atoms with Crippen LogP contribution in [0.4, 0.5) is 4.39 Å². The summed E-state index contributed by atoms with van der Waals surface area (Å²) in [4.78, 5) is 15.4. The van der Waals surface area contributed by atoms with Crippen molar-refractivity contribution < 1.29 is 24.5 Å². The van der Waals surface area contributed by atoms with E-state index in [2.05, 4.69) is 10.3 Å². The molecule has 32 heavy (non-hydrogen) atoms. The van der Waals surface area contributed by atoms with E-state index in [0.29, 0.717) is 43.4 Å². The van der Waals surface area contributed by atoms with Gasteiger partial charge < -0.3 is 20.6 Å². The number of carboxylic acid groups (broad SMARTS) is 1. The Labute approximate surface area is 185 Å². The first-order valence-corrected chi connectivity index (χ1v) is 10.6. The number of aromatic nitrogens is 1. The summed E-state index contributed by atoms with van der Waals surface area (Å²) in [6, 6.07) is 14.4. The molecule has 0 fully saturated rings. The van der Waals surface area contributed by atoms with Gasteiger partial charge in [0.1, 0.15) is 12.0 Å². The van der Waals surface area contributed by atoms with Crippen LogP contribution in [-0.2, 0) is 11.2 Å². The predicted molar refractivity (Wildman–Crippen MR) is 119 cm³/mol. The van der Waals surface area contributed by atoms with E-state index >= 15 is 0 Å². The third kappa shape index (κ3) is 4.89. The first-order valence-electron chi connectivity index (χ1n) is 10.6. The maximum Gasteiger partial charge on any atom is 0.333 e. The van der Waals surface area contributed by atoms with Crippen molar-refractivity contribution >= 4 is 16.7 Å². The van der Waals surface area contributed by atoms with Crippen molar-refractivity contribution in [1.82, 2.24) is 10.3 Å². The fourth-order valence-corrected chi connectivity index (χ4v) is 4.31. The van der Waals surface area contributed by atoms with Gasteiger partial charge in [0.05, 0.1) is 5.57 Å². The molecule has 0 spiro atoms. The van der Waals surface area contributed by atoms with Gasteiger partial charge in [-0.1, -0.05) is 30.3 Å². The SMILES string of the molecule is O=C(O)C1=C(NC(O)CCc2ccc3cc(O)ccc3c2)CC(c2cccnc2F)CC1. The average molecular weight is 436 g/mol. The number of fused-ring (bicyclic) bond motifs is 1. The maximum absolute atomic E-state index is 14.1. The van der Waals surface area contributed by atoms with Gasteiger partial charge in [0, 0.05) is 17.5 Å². The highest BCUT2D eigenvalue weighted by Crippen LogP contribution is 2.36. The molecule has 1 heterocycles. The molecule has 1 aromatic heterocycles. The Morgan fingerprint density at radius 2 is 1.97 bits per heavy atom. The lowest BCUT2D eigenvalue weighted by atomic mass is 9.83. The lowest BCUT2D eigenvalue weighted by Crippen LogP contribution is -2.33. The van der Waals surface area contributed by atoms with Gasteiger partial charge >= 0.3 is 5.97 Å². The van der Waals surface area contributed by atoms with Crippen LogP contribution in [0.25, 0.3) is 10.8 Å². The van der Waals surface area contributed by atoms with Crippen LogP contribution in [0.5, 0.6) is 5.75 Å². The largest absolute Gasteiger partial charge is 0.508 e. The minimum atomic E-state index is -1.03. The van der Waals surface area contributed by atoms with E-state index in [9.17, 15) is 24.5 Å². The molecule has 2 unspecified atom stereocenters. The van der Waals surface area contributed by atoms with Crippen LogP contribution in [0.3, 0.4) is 0 Å². The van der Waals surface area contributed by atoms with Gasteiger partial charge in [0.15, 0.2) is 0 Å². The highest BCUT2D eigenvalue weighted by molar-refractivity contribution is 5.87. The number of pyridine rings is 1. The minimum absolute atomic E-state index is 0.196. The molecule has 0 radical (unpaired) electrons. The van der Waals surface area contributed by atoms with E-state index in [1.165, 1.54) is 6.20 Å². The Kier molecular flexibility index (Phi) is 6.37. The summed E-state index contributed by atoms with van der Waals surface area (Å²) in [7, 11) is 0. The van der Waals surface area contributed by atoms with Crippen LogP contribution in [-0.4, -0.2) is 32.5 Å². The van der Waals surface area contributed by atoms with Crippen LogP contribution >= 0.6 is 0 Å². The molecule has 4 rings (SSSR count). The number of hydrogen-bond acceptors (Lipinski definition) is 5. The Morgan fingerprint density at radius 3 is 2.75 bits per heavy atom. The highest BCUT2D eigenvalue weighted by atomic mass is 19.1. The van der Waals surface area contributed by atoms with Gasteiger partial charge in [0.2, 0.25) is 5.95 Å². The Morgan fingerprint density at radius 1 is 1.19 bits per heavy atom. The zero-order valence-electron chi connectivity index (χ0n) is 17.5. The van der Waals surface area contributed by atoms with Crippen LogP contribution in [0.2, 0.25) is 0 Å². The predicted octanol–water partition coefficient (Wildman–Crippen LogP) is 4.23. The number of aliphatic carboxylic acids is 1. The highest BCUT2D eigenvalue weighted by Gasteiger charge is 2.28. The number of rotatable bonds is 7. The molecule has 4 N–H and O–H groups in total. The van der Waals surface area contributed by atoms with E-state index in [4.69, 9.17) is 0 Å². The molecule has 0 aliphatic heterocycles. The first kappa shape index (κ1) is 21.8. The molecule has 1 aliphatic rings. The summed E-state index contributed by atoms with van der Waals surface area (Å²) < 4.78 is 14.1. The van der Waals surface area contributed by atoms with Crippen LogP contribution < -0.4 is 5.32 Å². The van der Waals surface area contributed by atoms with Crippen LogP contribution in [0.15, 0.2) is 66.0 Å². The number of allylic oxidation sites excluding steroid dienone is 1. The lowest BCUT2D eigenvalue weighted by Gasteiger charge is -2.28. The Bertz CT molecular complexity index is 1180. The van der Waals surface area contributed by atoms with E-state index in [-0.39, 0.29) is 17.2 Å². The summed E-state index contributed by atoms with van der Waals surface area (Å²) >= 11 is 0. The molecule has 0 saturated heterocycles. The van der Waals surface area contributed by atoms with E-state index in [0.717, 1.165) is 16.3 Å². The van der Waals surface area contributed by atoms with E-state index < -0.39 is 18.1 Å². The molecule has 166 valence electrons. The molecular weight excluding hydrogens is 411 g/mol. The smallest absolute Gasteiger partial charge is 0.333 e. The number of carboxylic acids is 1. The summed E-state index contributed by atoms with van der Waals surface area (Å²) in [5.74, 6) is -1.55. The Balaban J connectivity index is 1.44. The van der Waals surface area contributed by atoms with Crippen molar-refractivity contribution in [3.63, 3.8) is 0 Å². The average Bonchev–Trinajstić information content (AvgIpc) is 2.77. The fraction of sp³-hybridized carbons (Fsp3) is 0.280. The van der Waals surface area contributed by atoms with Crippen molar-refractivity contribution in [2.75, 3.05) is 0 Å². The number of phenols is 1. The van der Waals surface area contributed by atoms with Gasteiger partial charge in [-0.05, 0) is 72.6 Å². The Hall–Kier alpha value is -3.45. The quantitative estimate of drug-likeness (QED) is 0.327. The summed E-state index contributed by atoms with van der Waals surface area (Å²) in [5.41, 5.74) is 2.16. The second-order valence-electron chi connectivity index (χ2n) is 8.15. The second-order valence-corrected chi connectivity index (χ2v) is 8.15. The second kappa shape index (κ2) is 9.36. The van der Waals surface area contributed by atoms with Crippen molar-refractivity contribution in [2.24, 2.45) is 0 Å². The molecule has 0 amide bonds. The van der Waals surface area contributed by atoms with E-state index in [1.807, 2.05) is 24.3 Å². The number of aliphatic hydroxyl groups is 1. The molecule has 0 bridgehead atoms. The molecule has 7 heteroatoms. The number of hydrogen-bond donors (Lipinski definition) is 4. The number of aromatic hydroxyl groups is 1. The van der Waals surface area contributed by atoms with Crippen molar-refractivity contribution in [3.05, 3.63) is 83.1 Å². The molecule has 3 aromatic rings. The first-order chi connectivity index (χ1) is 15.4. The summed E-state index contributed by atoms with van der Waals surface area (Å²) in [6.07, 6.45) is 2.53. The topological polar surface area (TPSA) is 103 Å². The van der Waals surface area contributed by atoms with Gasteiger partial charge in [-0.2, -0.15) is 4.39 Å². The number of aliphatic hydroxyl groups excluding tert-OH is 1. The fourth-order valence-electron chi connectivity index (χ4n) is 4.31. The zero-order chi connectivity index (χ0) is 22.7. The van der Waals surface area contributed by atoms with Gasteiger partial charge in [-0.15, -0.1) is 0 Å². The standard InChI is InChI=1S/C25H25FN2O4/c26-24-20(2-1-11-27-24)18-7-9-21(25(31)32)22(14-18)28-23(30)10-4-15-3-5-17-13-19(29)8-6-16(17)12-15/h1-3,5-6,8,11-13,18,23,28-30H,4,7,9-10,14H2,(H,31,32). The van der Waals surface area contributed by atoms with Gasteiger partial charge in [-0.25, -0.2) is 9.78 Å². The van der Waals surface area contributed by atoms with Gasteiger partial charge in [-0.3, -0.25) is 0 Å².